The van der Waals surface area contributed by atoms with Gasteiger partial charge in [0.2, 0.25) is 0 Å². The van der Waals surface area contributed by atoms with Gasteiger partial charge in [-0.3, -0.25) is 9.59 Å². The summed E-state index contributed by atoms with van der Waals surface area (Å²) >= 11 is 1.04. The first-order valence-electron chi connectivity index (χ1n) is 9.72. The number of hydrogen-bond acceptors (Lipinski definition) is 7. The summed E-state index contributed by atoms with van der Waals surface area (Å²) in [7, 11) is 0. The van der Waals surface area contributed by atoms with Crippen molar-refractivity contribution in [2.24, 2.45) is 0 Å². The average molecular weight is 441 g/mol. The van der Waals surface area contributed by atoms with Crippen molar-refractivity contribution >= 4 is 39.8 Å². The molecule has 10 heteroatoms. The molecule has 0 unspecified atom stereocenters. The molecule has 2 aromatic heterocycles. The summed E-state index contributed by atoms with van der Waals surface area (Å²) in [5.74, 6) is -0.926. The van der Waals surface area contributed by atoms with Crippen molar-refractivity contribution in [2.45, 2.75) is 32.3 Å². The van der Waals surface area contributed by atoms with Crippen LogP contribution in [0, 0.1) is 5.82 Å². The summed E-state index contributed by atoms with van der Waals surface area (Å²) in [5.41, 5.74) is 6.25. The third kappa shape index (κ3) is 4.97. The first-order valence-corrected chi connectivity index (χ1v) is 10.5. The van der Waals surface area contributed by atoms with Crippen molar-refractivity contribution in [2.75, 3.05) is 16.4 Å². The van der Waals surface area contributed by atoms with Gasteiger partial charge < -0.3 is 21.1 Å². The predicted octanol–water partition coefficient (Wildman–Crippen LogP) is 3.87. The molecule has 0 bridgehead atoms. The highest BCUT2D eigenvalue weighted by atomic mass is 32.1. The van der Waals surface area contributed by atoms with E-state index in [0.717, 1.165) is 24.2 Å². The number of ether oxygens (including phenoxy) is 1. The third-order valence-electron chi connectivity index (χ3n) is 4.62. The van der Waals surface area contributed by atoms with Crippen LogP contribution < -0.4 is 21.1 Å². The Bertz CT molecular complexity index is 1130. The van der Waals surface area contributed by atoms with Crippen LogP contribution in [0.1, 0.15) is 45.4 Å². The monoisotopic (exact) mass is 441 g/mol. The van der Waals surface area contributed by atoms with Crippen LogP contribution in [0.3, 0.4) is 0 Å². The van der Waals surface area contributed by atoms with Gasteiger partial charge in [0.05, 0.1) is 24.1 Å². The number of aromatic nitrogens is 2. The Labute approximate surface area is 181 Å². The number of nitrogens with two attached hydrogens (primary N) is 1. The molecule has 2 amide bonds. The fourth-order valence-electron chi connectivity index (χ4n) is 2.86. The van der Waals surface area contributed by atoms with E-state index in [4.69, 9.17) is 10.5 Å². The molecule has 1 saturated carbocycles. The van der Waals surface area contributed by atoms with Gasteiger partial charge in [-0.15, -0.1) is 0 Å². The molecule has 4 N–H and O–H groups in total. The predicted molar refractivity (Wildman–Crippen MR) is 116 cm³/mol. The van der Waals surface area contributed by atoms with Gasteiger partial charge >= 0.3 is 0 Å². The number of hydrogen-bond donors (Lipinski definition) is 3. The lowest BCUT2D eigenvalue weighted by Gasteiger charge is -2.13. The molecule has 31 heavy (non-hydrogen) atoms. The van der Waals surface area contributed by atoms with Gasteiger partial charge in [-0.25, -0.2) is 14.4 Å². The van der Waals surface area contributed by atoms with Gasteiger partial charge in [0.1, 0.15) is 22.3 Å². The van der Waals surface area contributed by atoms with E-state index in [0.29, 0.717) is 28.3 Å². The molecule has 0 atom stereocenters. The van der Waals surface area contributed by atoms with Crippen molar-refractivity contribution < 1.29 is 18.7 Å². The largest absolute Gasteiger partial charge is 0.489 e. The highest BCUT2D eigenvalue weighted by Gasteiger charge is 2.23. The Kier molecular flexibility index (Phi) is 5.81. The van der Waals surface area contributed by atoms with E-state index in [1.54, 1.807) is 12.1 Å². The maximum absolute atomic E-state index is 14.6. The Morgan fingerprint density at radius 2 is 2.00 bits per heavy atom. The van der Waals surface area contributed by atoms with E-state index in [1.807, 2.05) is 6.92 Å². The summed E-state index contributed by atoms with van der Waals surface area (Å²) in [6.07, 6.45) is 5.63. The number of rotatable bonds is 7. The molecule has 1 fully saturated rings. The second kappa shape index (κ2) is 8.68. The van der Waals surface area contributed by atoms with Gasteiger partial charge in [-0.05, 0) is 49.1 Å². The maximum atomic E-state index is 14.6. The van der Waals surface area contributed by atoms with Crippen molar-refractivity contribution in [3.63, 3.8) is 0 Å². The number of carbonyl (C=O) groups excluding carboxylic acids is 2. The Morgan fingerprint density at radius 1 is 1.19 bits per heavy atom. The van der Waals surface area contributed by atoms with Crippen LogP contribution in [-0.2, 0) is 6.42 Å². The summed E-state index contributed by atoms with van der Waals surface area (Å²) in [4.78, 5) is 33.4. The Morgan fingerprint density at radius 3 is 2.61 bits per heavy atom. The lowest BCUT2D eigenvalue weighted by molar-refractivity contribution is 0.101. The molecule has 0 aliphatic heterocycles. The Balaban J connectivity index is 1.51. The summed E-state index contributed by atoms with van der Waals surface area (Å²) in [5, 5.41) is 5.54. The van der Waals surface area contributed by atoms with Crippen molar-refractivity contribution in [3.05, 3.63) is 58.5 Å². The molecule has 1 aliphatic carbocycles. The molecule has 4 rings (SSSR count). The first-order chi connectivity index (χ1) is 14.9. The highest BCUT2D eigenvalue weighted by molar-refractivity contribution is 7.17. The summed E-state index contributed by atoms with van der Waals surface area (Å²) < 4.78 is 20.2. The summed E-state index contributed by atoms with van der Waals surface area (Å²) in [6.45, 7) is 1.82. The maximum Gasteiger partial charge on any atom is 0.267 e. The van der Waals surface area contributed by atoms with Crippen LogP contribution in [-0.4, -0.2) is 27.9 Å². The zero-order valence-electron chi connectivity index (χ0n) is 16.6. The van der Waals surface area contributed by atoms with E-state index in [1.165, 1.54) is 24.5 Å². The minimum atomic E-state index is -0.692. The van der Waals surface area contributed by atoms with Gasteiger partial charge in [0, 0.05) is 5.69 Å². The molecule has 160 valence electrons. The lowest BCUT2D eigenvalue weighted by atomic mass is 10.1. The molecular formula is C21H20FN5O3S. The number of benzene rings is 1. The number of halogens is 1. The zero-order valence-corrected chi connectivity index (χ0v) is 17.5. The standard InChI is InChI=1S/C21H20FN5O3S/c1-2-11-7-15(22)14(8-16(11)26-20(29)17-10-25-21(23)31-17)19(28)27-18-6-5-13(9-24-18)30-12-3-4-12/h5-10,12H,2-4H2,1H3,(H2,23,25)(H,26,29)(H,24,27,28). The number of anilines is 3. The number of carbonyl (C=O) groups is 2. The minimum absolute atomic E-state index is 0.212. The average Bonchev–Trinajstić information content (AvgIpc) is 3.46. The normalized spacial score (nSPS) is 13.0. The van der Waals surface area contributed by atoms with Crippen molar-refractivity contribution in [1.82, 2.24) is 9.97 Å². The van der Waals surface area contributed by atoms with Gasteiger partial charge in [0.25, 0.3) is 11.8 Å². The highest BCUT2D eigenvalue weighted by Crippen LogP contribution is 2.27. The fraction of sp³-hybridized carbons (Fsp3) is 0.238. The number of amides is 2. The smallest absolute Gasteiger partial charge is 0.267 e. The van der Waals surface area contributed by atoms with Crippen LogP contribution in [0.2, 0.25) is 0 Å². The van der Waals surface area contributed by atoms with E-state index < -0.39 is 17.6 Å². The molecule has 0 radical (unpaired) electrons. The number of thiazole rings is 1. The molecule has 8 nitrogen and oxygen atoms in total. The molecule has 0 spiro atoms. The molecule has 1 aromatic carbocycles. The van der Waals surface area contributed by atoms with Crippen LogP contribution >= 0.6 is 11.3 Å². The van der Waals surface area contributed by atoms with E-state index in [2.05, 4.69) is 20.6 Å². The SMILES string of the molecule is CCc1cc(F)c(C(=O)Nc2ccc(OC3CC3)cn2)cc1NC(=O)c1cnc(N)s1. The minimum Gasteiger partial charge on any atom is -0.489 e. The van der Waals surface area contributed by atoms with Crippen LogP contribution in [0.5, 0.6) is 5.75 Å². The number of aryl methyl sites for hydroxylation is 1. The second-order valence-electron chi connectivity index (χ2n) is 7.01. The molecule has 2 heterocycles. The van der Waals surface area contributed by atoms with Crippen LogP contribution in [0.4, 0.5) is 21.0 Å². The van der Waals surface area contributed by atoms with E-state index in [-0.39, 0.29) is 22.6 Å². The quantitative estimate of drug-likeness (QED) is 0.512. The van der Waals surface area contributed by atoms with Crippen molar-refractivity contribution in [1.29, 1.82) is 0 Å². The topological polar surface area (TPSA) is 119 Å². The number of nitrogens with one attached hydrogen (secondary N) is 2. The van der Waals surface area contributed by atoms with E-state index in [9.17, 15) is 14.0 Å². The zero-order chi connectivity index (χ0) is 22.0. The van der Waals surface area contributed by atoms with Gasteiger partial charge in [-0.1, -0.05) is 18.3 Å². The molecular weight excluding hydrogens is 421 g/mol. The third-order valence-corrected chi connectivity index (χ3v) is 5.44. The van der Waals surface area contributed by atoms with E-state index >= 15 is 0 Å². The van der Waals surface area contributed by atoms with Gasteiger partial charge in [0.15, 0.2) is 5.13 Å². The second-order valence-corrected chi connectivity index (χ2v) is 8.07. The summed E-state index contributed by atoms with van der Waals surface area (Å²) in [6, 6.07) is 5.84. The van der Waals surface area contributed by atoms with Crippen LogP contribution in [0.25, 0.3) is 0 Å². The van der Waals surface area contributed by atoms with Crippen LogP contribution in [0.15, 0.2) is 36.7 Å². The number of nitrogens with zero attached hydrogens (tertiary/aromatic N) is 2. The molecule has 0 saturated heterocycles. The Hall–Kier alpha value is -3.53. The van der Waals surface area contributed by atoms with Gasteiger partial charge in [-0.2, -0.15) is 0 Å². The molecule has 1 aliphatic rings. The number of nitrogen functional groups attached to an aromatic ring is 1. The lowest BCUT2D eigenvalue weighted by Crippen LogP contribution is -2.17. The number of pyridine rings is 1. The molecule has 3 aromatic rings. The fourth-order valence-corrected chi connectivity index (χ4v) is 3.44. The van der Waals surface area contributed by atoms with Crippen molar-refractivity contribution in [3.8, 4) is 5.75 Å². The first kappa shape index (κ1) is 20.7.